The molecule has 0 bridgehead atoms. The Hall–Kier alpha value is -1.89. The molecule has 0 saturated heterocycles. The standard InChI is InChI=1S/C14H15N/c1-2-3-4-5-6-10-13-15-14-11-8-7-9-12-14/h2,4-13H,1,3H2/p+1/b5-4+,10-6+,15-13?. The molecule has 1 N–H and O–H groups in total. The molecule has 1 aromatic rings. The Morgan fingerprint density at radius 3 is 2.60 bits per heavy atom. The average molecular weight is 198 g/mol. The van der Waals surface area contributed by atoms with Crippen LogP contribution in [0, 0.1) is 0 Å². The largest absolute Gasteiger partial charge is 0.212 e. The van der Waals surface area contributed by atoms with Crippen molar-refractivity contribution in [1.82, 2.24) is 0 Å². The maximum Gasteiger partial charge on any atom is 0.203 e. The first-order chi connectivity index (χ1) is 7.43. The summed E-state index contributed by atoms with van der Waals surface area (Å²) in [7, 11) is 0. The van der Waals surface area contributed by atoms with E-state index >= 15 is 0 Å². The van der Waals surface area contributed by atoms with E-state index in [9.17, 15) is 0 Å². The summed E-state index contributed by atoms with van der Waals surface area (Å²) in [6.07, 6.45) is 12.7. The molecule has 76 valence electrons. The highest BCUT2D eigenvalue weighted by atomic mass is 14.7. The summed E-state index contributed by atoms with van der Waals surface area (Å²) in [5.74, 6) is 0. The van der Waals surface area contributed by atoms with E-state index in [1.54, 1.807) is 0 Å². The third-order valence-electron chi connectivity index (χ3n) is 1.78. The second-order valence-electron chi connectivity index (χ2n) is 3.01. The zero-order valence-corrected chi connectivity index (χ0v) is 8.77. The Morgan fingerprint density at radius 2 is 1.87 bits per heavy atom. The van der Waals surface area contributed by atoms with E-state index in [4.69, 9.17) is 0 Å². The first-order valence-electron chi connectivity index (χ1n) is 5.01. The van der Waals surface area contributed by atoms with Crippen LogP contribution < -0.4 is 4.99 Å². The van der Waals surface area contributed by atoms with Gasteiger partial charge in [-0.2, -0.15) is 0 Å². The number of rotatable bonds is 5. The van der Waals surface area contributed by atoms with Gasteiger partial charge in [0.15, 0.2) is 6.21 Å². The average Bonchev–Trinajstić information content (AvgIpc) is 2.29. The van der Waals surface area contributed by atoms with Crippen molar-refractivity contribution in [1.29, 1.82) is 0 Å². The second kappa shape index (κ2) is 7.51. The van der Waals surface area contributed by atoms with E-state index in [0.717, 1.165) is 12.1 Å². The summed E-state index contributed by atoms with van der Waals surface area (Å²) in [6.45, 7) is 3.64. The molecule has 15 heavy (non-hydrogen) atoms. The molecule has 0 aromatic heterocycles. The molecular formula is C14H16N+. The lowest BCUT2D eigenvalue weighted by Gasteiger charge is -1.81. The Morgan fingerprint density at radius 1 is 1.07 bits per heavy atom. The predicted octanol–water partition coefficient (Wildman–Crippen LogP) is 2.16. The van der Waals surface area contributed by atoms with E-state index in [0.29, 0.717) is 0 Å². The fraction of sp³-hybridized carbons (Fsp3) is 0.0714. The molecule has 0 fully saturated rings. The van der Waals surface area contributed by atoms with E-state index in [1.807, 2.05) is 60.9 Å². The van der Waals surface area contributed by atoms with Gasteiger partial charge in [0.25, 0.3) is 0 Å². The van der Waals surface area contributed by atoms with Crippen molar-refractivity contribution in [3.63, 3.8) is 0 Å². The summed E-state index contributed by atoms with van der Waals surface area (Å²) in [6, 6.07) is 10.1. The molecule has 0 heterocycles. The molecule has 0 saturated carbocycles. The quantitative estimate of drug-likeness (QED) is 0.423. The first-order valence-corrected chi connectivity index (χ1v) is 5.01. The molecule has 1 aromatic carbocycles. The lowest BCUT2D eigenvalue weighted by Crippen LogP contribution is -2.60. The van der Waals surface area contributed by atoms with Crippen LogP contribution in [0.15, 0.2) is 67.3 Å². The summed E-state index contributed by atoms with van der Waals surface area (Å²) in [5.41, 5.74) is 1.09. The molecular weight excluding hydrogens is 182 g/mol. The zero-order valence-electron chi connectivity index (χ0n) is 8.77. The van der Waals surface area contributed by atoms with Gasteiger partial charge in [0, 0.05) is 18.2 Å². The Labute approximate surface area is 91.2 Å². The van der Waals surface area contributed by atoms with Gasteiger partial charge in [-0.1, -0.05) is 42.5 Å². The molecule has 0 amide bonds. The van der Waals surface area contributed by atoms with Crippen molar-refractivity contribution in [2.75, 3.05) is 0 Å². The lowest BCUT2D eigenvalue weighted by atomic mass is 10.3. The van der Waals surface area contributed by atoms with Crippen molar-refractivity contribution in [3.05, 3.63) is 67.3 Å². The minimum atomic E-state index is 0.913. The molecule has 1 heteroatoms. The second-order valence-corrected chi connectivity index (χ2v) is 3.01. The van der Waals surface area contributed by atoms with Crippen LogP contribution in [-0.4, -0.2) is 6.21 Å². The van der Waals surface area contributed by atoms with Crippen LogP contribution in [0.1, 0.15) is 6.42 Å². The topological polar surface area (TPSA) is 14.0 Å². The molecule has 0 atom stereocenters. The first kappa shape index (κ1) is 11.2. The third kappa shape index (κ3) is 5.42. The van der Waals surface area contributed by atoms with E-state index in [-0.39, 0.29) is 0 Å². The van der Waals surface area contributed by atoms with Crippen molar-refractivity contribution in [2.24, 2.45) is 0 Å². The van der Waals surface area contributed by atoms with Gasteiger partial charge in [-0.25, -0.2) is 4.99 Å². The zero-order chi connectivity index (χ0) is 10.8. The number of para-hydroxylation sites is 1. The predicted molar refractivity (Wildman–Crippen MR) is 66.2 cm³/mol. The Kier molecular flexibility index (Phi) is 5.60. The van der Waals surface area contributed by atoms with Crippen LogP contribution in [-0.2, 0) is 0 Å². The fourth-order valence-electron chi connectivity index (χ4n) is 1.05. The highest BCUT2D eigenvalue weighted by molar-refractivity contribution is 5.66. The molecule has 0 aliphatic rings. The van der Waals surface area contributed by atoms with Crippen LogP contribution in [0.4, 0.5) is 5.69 Å². The van der Waals surface area contributed by atoms with E-state index < -0.39 is 0 Å². The third-order valence-corrected chi connectivity index (χ3v) is 1.78. The van der Waals surface area contributed by atoms with Crippen molar-refractivity contribution < 1.29 is 4.99 Å². The van der Waals surface area contributed by atoms with Gasteiger partial charge in [0.05, 0.1) is 0 Å². The van der Waals surface area contributed by atoms with Crippen LogP contribution in [0.2, 0.25) is 0 Å². The van der Waals surface area contributed by atoms with Crippen LogP contribution in [0.25, 0.3) is 0 Å². The molecule has 0 spiro atoms. The number of allylic oxidation sites excluding steroid dienone is 5. The fourth-order valence-corrected chi connectivity index (χ4v) is 1.05. The van der Waals surface area contributed by atoms with Crippen molar-refractivity contribution in [3.8, 4) is 0 Å². The van der Waals surface area contributed by atoms with Crippen LogP contribution in [0.5, 0.6) is 0 Å². The van der Waals surface area contributed by atoms with E-state index in [2.05, 4.69) is 17.6 Å². The number of hydrogen-bond acceptors (Lipinski definition) is 0. The molecule has 0 radical (unpaired) electrons. The minimum absolute atomic E-state index is 0.913. The van der Waals surface area contributed by atoms with Gasteiger partial charge in [0.2, 0.25) is 5.69 Å². The highest BCUT2D eigenvalue weighted by Gasteiger charge is 1.87. The van der Waals surface area contributed by atoms with Crippen molar-refractivity contribution >= 4 is 11.9 Å². The Balaban J connectivity index is 2.37. The van der Waals surface area contributed by atoms with Crippen LogP contribution >= 0.6 is 0 Å². The Bertz CT molecular complexity index is 358. The summed E-state index contributed by atoms with van der Waals surface area (Å²) in [5, 5.41) is 0. The smallest absolute Gasteiger partial charge is 0.203 e. The maximum atomic E-state index is 3.64. The number of hydrogen-bond donors (Lipinski definition) is 1. The SMILES string of the molecule is C=CC/C=C/C=C/C=[NH+]c1ccccc1. The van der Waals surface area contributed by atoms with Gasteiger partial charge in [-0.15, -0.1) is 6.58 Å². The summed E-state index contributed by atoms with van der Waals surface area (Å²) >= 11 is 0. The maximum absolute atomic E-state index is 3.64. The van der Waals surface area contributed by atoms with E-state index in [1.165, 1.54) is 0 Å². The number of benzene rings is 1. The lowest BCUT2D eigenvalue weighted by molar-refractivity contribution is -0.346. The summed E-state index contributed by atoms with van der Waals surface area (Å²) < 4.78 is 0. The molecule has 1 nitrogen and oxygen atoms in total. The van der Waals surface area contributed by atoms with Gasteiger partial charge in [-0.3, -0.25) is 0 Å². The van der Waals surface area contributed by atoms with Gasteiger partial charge in [-0.05, 0) is 6.42 Å². The number of nitrogens with one attached hydrogen (secondary N) is 1. The van der Waals surface area contributed by atoms with Gasteiger partial charge < -0.3 is 0 Å². The highest BCUT2D eigenvalue weighted by Crippen LogP contribution is 1.94. The van der Waals surface area contributed by atoms with Crippen molar-refractivity contribution in [2.45, 2.75) is 6.42 Å². The molecule has 1 rings (SSSR count). The molecule has 0 unspecified atom stereocenters. The van der Waals surface area contributed by atoms with Gasteiger partial charge in [0.1, 0.15) is 0 Å². The molecule has 0 aliphatic heterocycles. The minimum Gasteiger partial charge on any atom is -0.212 e. The molecule has 0 aliphatic carbocycles. The van der Waals surface area contributed by atoms with Crippen LogP contribution in [0.3, 0.4) is 0 Å². The monoisotopic (exact) mass is 198 g/mol. The summed E-state index contributed by atoms with van der Waals surface area (Å²) in [4.78, 5) is 3.17. The van der Waals surface area contributed by atoms with Gasteiger partial charge >= 0.3 is 0 Å². The normalized spacial score (nSPS) is 11.7.